The monoisotopic (exact) mass is 268 g/mol. The molecule has 4 heteroatoms. The molecule has 0 amide bonds. The van der Waals surface area contributed by atoms with E-state index in [1.165, 1.54) is 6.08 Å². The van der Waals surface area contributed by atoms with Gasteiger partial charge in [-0.25, -0.2) is 4.79 Å². The quantitative estimate of drug-likeness (QED) is 0.774. The van der Waals surface area contributed by atoms with Crippen LogP contribution in [-0.4, -0.2) is 13.1 Å². The molecule has 1 aliphatic rings. The molecule has 1 aromatic carbocycles. The van der Waals surface area contributed by atoms with E-state index in [0.717, 1.165) is 15.8 Å². The number of halogens is 1. The first kappa shape index (κ1) is 10.2. The van der Waals surface area contributed by atoms with Gasteiger partial charge in [-0.15, -0.1) is 0 Å². The molecule has 15 heavy (non-hydrogen) atoms. The maximum Gasteiger partial charge on any atom is 0.332 e. The Morgan fingerprint density at radius 3 is 2.47 bits per heavy atom. The van der Waals surface area contributed by atoms with E-state index >= 15 is 0 Å². The number of hydrogen-bond acceptors (Lipinski definition) is 3. The summed E-state index contributed by atoms with van der Waals surface area (Å²) in [5.41, 5.74) is 0.921. The van der Waals surface area contributed by atoms with Crippen LogP contribution < -0.4 is 4.74 Å². The number of methoxy groups -OCH3 is 1. The molecular weight excluding hydrogens is 260 g/mol. The van der Waals surface area contributed by atoms with Gasteiger partial charge in [-0.3, -0.25) is 0 Å². The van der Waals surface area contributed by atoms with Gasteiger partial charge in [0, 0.05) is 10.6 Å². The molecule has 0 bridgehead atoms. The van der Waals surface area contributed by atoms with Crippen molar-refractivity contribution in [3.8, 4) is 5.75 Å². The first-order valence-electron chi connectivity index (χ1n) is 4.42. The van der Waals surface area contributed by atoms with Crippen LogP contribution in [0.15, 0.2) is 34.8 Å². The van der Waals surface area contributed by atoms with Gasteiger partial charge >= 0.3 is 5.97 Å². The van der Waals surface area contributed by atoms with E-state index in [2.05, 4.69) is 15.9 Å². The summed E-state index contributed by atoms with van der Waals surface area (Å²) in [4.78, 5) is 11.0. The zero-order valence-electron chi connectivity index (χ0n) is 8.07. The lowest BCUT2D eigenvalue weighted by atomic mass is 10.1. The average Bonchev–Trinajstić information content (AvgIpc) is 2.58. The Bertz CT molecular complexity index is 408. The van der Waals surface area contributed by atoms with Crippen LogP contribution in [0, 0.1) is 0 Å². The number of carbonyl (C=O) groups excluding carboxylic acids is 1. The molecule has 1 heterocycles. The second-order valence-electron chi connectivity index (χ2n) is 3.12. The van der Waals surface area contributed by atoms with Crippen LogP contribution in [-0.2, 0) is 9.53 Å². The number of hydrogen-bond donors (Lipinski definition) is 0. The Balaban J connectivity index is 2.24. The van der Waals surface area contributed by atoms with Gasteiger partial charge in [-0.2, -0.15) is 0 Å². The van der Waals surface area contributed by atoms with Crippen LogP contribution in [0.3, 0.4) is 0 Å². The molecule has 0 aliphatic carbocycles. The van der Waals surface area contributed by atoms with Crippen molar-refractivity contribution in [3.05, 3.63) is 40.4 Å². The number of ether oxygens (including phenoxy) is 2. The van der Waals surface area contributed by atoms with Gasteiger partial charge in [0.25, 0.3) is 0 Å². The summed E-state index contributed by atoms with van der Waals surface area (Å²) in [6.45, 7) is 0. The van der Waals surface area contributed by atoms with Crippen molar-refractivity contribution < 1.29 is 14.3 Å². The largest absolute Gasteiger partial charge is 0.497 e. The molecule has 0 saturated carbocycles. The van der Waals surface area contributed by atoms with Crippen molar-refractivity contribution in [2.75, 3.05) is 7.11 Å². The fourth-order valence-corrected chi connectivity index (χ4v) is 1.95. The first-order valence-corrected chi connectivity index (χ1v) is 5.21. The van der Waals surface area contributed by atoms with Gasteiger partial charge in [-0.05, 0) is 17.7 Å². The van der Waals surface area contributed by atoms with Gasteiger partial charge < -0.3 is 9.47 Å². The van der Waals surface area contributed by atoms with Crippen LogP contribution in [0.5, 0.6) is 5.75 Å². The van der Waals surface area contributed by atoms with Gasteiger partial charge in [0.2, 0.25) is 0 Å². The normalized spacial score (nSPS) is 19.7. The second kappa shape index (κ2) is 4.06. The lowest BCUT2D eigenvalue weighted by Gasteiger charge is -2.11. The first-order chi connectivity index (χ1) is 7.20. The number of rotatable bonds is 2. The molecule has 0 radical (unpaired) electrons. The zero-order chi connectivity index (χ0) is 10.8. The lowest BCUT2D eigenvalue weighted by Crippen LogP contribution is -2.01. The predicted molar refractivity (Wildman–Crippen MR) is 58.8 cm³/mol. The lowest BCUT2D eigenvalue weighted by molar-refractivity contribution is -0.138. The molecule has 0 aromatic heterocycles. The predicted octanol–water partition coefficient (Wildman–Crippen LogP) is 2.57. The highest BCUT2D eigenvalue weighted by Gasteiger charge is 2.25. The van der Waals surface area contributed by atoms with Gasteiger partial charge in [0.05, 0.1) is 7.11 Å². The van der Waals surface area contributed by atoms with Gasteiger partial charge in [-0.1, -0.05) is 28.1 Å². The maximum absolute atomic E-state index is 11.0. The van der Waals surface area contributed by atoms with Crippen molar-refractivity contribution in [2.24, 2.45) is 0 Å². The van der Waals surface area contributed by atoms with Gasteiger partial charge in [0.15, 0.2) is 6.10 Å². The van der Waals surface area contributed by atoms with Crippen LogP contribution in [0.2, 0.25) is 0 Å². The van der Waals surface area contributed by atoms with E-state index in [1.807, 2.05) is 24.3 Å². The fraction of sp³-hybridized carbons (Fsp3) is 0.182. The number of carbonyl (C=O) groups is 1. The third-order valence-corrected chi connectivity index (χ3v) is 2.80. The third kappa shape index (κ3) is 2.04. The third-order valence-electron chi connectivity index (χ3n) is 2.16. The van der Waals surface area contributed by atoms with Crippen LogP contribution in [0.25, 0.3) is 0 Å². The Hall–Kier alpha value is -1.29. The molecule has 0 saturated heterocycles. The maximum atomic E-state index is 11.0. The second-order valence-corrected chi connectivity index (χ2v) is 4.03. The van der Waals surface area contributed by atoms with Crippen molar-refractivity contribution in [1.29, 1.82) is 0 Å². The summed E-state index contributed by atoms with van der Waals surface area (Å²) in [5.74, 6) is 0.464. The smallest absolute Gasteiger partial charge is 0.332 e. The van der Waals surface area contributed by atoms with Crippen LogP contribution >= 0.6 is 15.9 Å². The number of benzene rings is 1. The highest BCUT2D eigenvalue weighted by molar-refractivity contribution is 9.11. The molecule has 0 unspecified atom stereocenters. The standard InChI is InChI=1S/C11H9BrO3/c1-14-8-4-2-7(3-5-8)11-9(12)6-10(13)15-11/h2-6,11H,1H3/t11-/m0/s1. The summed E-state index contributed by atoms with van der Waals surface area (Å²) in [6.07, 6.45) is 1.12. The van der Waals surface area contributed by atoms with Crippen molar-refractivity contribution >= 4 is 21.9 Å². The molecule has 0 fully saturated rings. The average molecular weight is 269 g/mol. The van der Waals surface area contributed by atoms with Crippen LogP contribution in [0.1, 0.15) is 11.7 Å². The number of cyclic esters (lactones) is 1. The van der Waals surface area contributed by atoms with E-state index in [9.17, 15) is 4.79 Å². The molecular formula is C11H9BrO3. The Kier molecular flexibility index (Phi) is 2.77. The Morgan fingerprint density at radius 1 is 1.33 bits per heavy atom. The van der Waals surface area contributed by atoms with Crippen molar-refractivity contribution in [1.82, 2.24) is 0 Å². The summed E-state index contributed by atoms with van der Waals surface area (Å²) >= 11 is 3.30. The molecule has 1 aromatic rings. The number of esters is 1. The SMILES string of the molecule is COc1ccc([C@@H]2OC(=O)C=C2Br)cc1. The van der Waals surface area contributed by atoms with E-state index in [4.69, 9.17) is 9.47 Å². The minimum atomic E-state index is -0.317. The molecule has 1 aliphatic heterocycles. The van der Waals surface area contributed by atoms with Gasteiger partial charge in [0.1, 0.15) is 5.75 Å². The van der Waals surface area contributed by atoms with E-state index in [0.29, 0.717) is 0 Å². The molecule has 0 spiro atoms. The molecule has 1 atom stereocenters. The highest BCUT2D eigenvalue weighted by Crippen LogP contribution is 2.35. The molecule has 2 rings (SSSR count). The van der Waals surface area contributed by atoms with E-state index < -0.39 is 0 Å². The Labute approximate surface area is 95.8 Å². The van der Waals surface area contributed by atoms with Crippen molar-refractivity contribution in [3.63, 3.8) is 0 Å². The summed E-state index contributed by atoms with van der Waals surface area (Å²) < 4.78 is 10.9. The highest BCUT2D eigenvalue weighted by atomic mass is 79.9. The van der Waals surface area contributed by atoms with Crippen molar-refractivity contribution in [2.45, 2.75) is 6.10 Å². The molecule has 0 N–H and O–H groups in total. The minimum Gasteiger partial charge on any atom is -0.497 e. The van der Waals surface area contributed by atoms with E-state index in [1.54, 1.807) is 7.11 Å². The fourth-order valence-electron chi connectivity index (χ4n) is 1.40. The van der Waals surface area contributed by atoms with E-state index in [-0.39, 0.29) is 12.1 Å². The summed E-state index contributed by atoms with van der Waals surface area (Å²) in [6, 6.07) is 7.41. The minimum absolute atomic E-state index is 0.316. The van der Waals surface area contributed by atoms with Crippen LogP contribution in [0.4, 0.5) is 0 Å². The molecule has 3 nitrogen and oxygen atoms in total. The summed E-state index contributed by atoms with van der Waals surface area (Å²) in [7, 11) is 1.61. The topological polar surface area (TPSA) is 35.5 Å². The Morgan fingerprint density at radius 2 is 2.00 bits per heavy atom. The zero-order valence-corrected chi connectivity index (χ0v) is 9.65. The summed E-state index contributed by atoms with van der Waals surface area (Å²) in [5, 5.41) is 0. The molecule has 78 valence electrons.